The molecule has 0 saturated carbocycles. The largest absolute Gasteiger partial charge is 0.237 e. The second kappa shape index (κ2) is 6.95. The van der Waals surface area contributed by atoms with Crippen molar-refractivity contribution in [2.24, 2.45) is 0 Å². The lowest BCUT2D eigenvalue weighted by Gasteiger charge is -1.95. The van der Waals surface area contributed by atoms with E-state index in [0.717, 1.165) is 10.5 Å². The number of thiazole rings is 1. The summed E-state index contributed by atoms with van der Waals surface area (Å²) in [6.07, 6.45) is 8.50. The molecule has 0 atom stereocenters. The van der Waals surface area contributed by atoms with Crippen LogP contribution in [0, 0.1) is 0 Å². The van der Waals surface area contributed by atoms with E-state index in [9.17, 15) is 0 Å². The van der Waals surface area contributed by atoms with Crippen LogP contribution < -0.4 is 0 Å². The van der Waals surface area contributed by atoms with E-state index < -0.39 is 0 Å². The van der Waals surface area contributed by atoms with Gasteiger partial charge in [0, 0.05) is 4.88 Å². The van der Waals surface area contributed by atoms with Gasteiger partial charge >= 0.3 is 0 Å². The summed E-state index contributed by atoms with van der Waals surface area (Å²) >= 11 is 3.47. The molecule has 0 aliphatic rings. The van der Waals surface area contributed by atoms with Crippen LogP contribution in [-0.4, -0.2) is 4.98 Å². The third-order valence-electron chi connectivity index (χ3n) is 3.65. The van der Waals surface area contributed by atoms with Crippen LogP contribution in [0.2, 0.25) is 0 Å². The Balaban J connectivity index is 1.48. The average Bonchev–Trinajstić information content (AvgIpc) is 3.28. The van der Waals surface area contributed by atoms with Gasteiger partial charge in [0.15, 0.2) is 0 Å². The molecular weight excluding hydrogens is 330 g/mol. The maximum atomic E-state index is 4.62. The first-order chi connectivity index (χ1) is 11.9. The van der Waals surface area contributed by atoms with Gasteiger partial charge in [0.05, 0.1) is 10.2 Å². The molecule has 2 heterocycles. The van der Waals surface area contributed by atoms with Gasteiger partial charge in [-0.3, -0.25) is 0 Å². The minimum atomic E-state index is 1.04. The van der Waals surface area contributed by atoms with Crippen LogP contribution in [0.4, 0.5) is 0 Å². The first-order valence-corrected chi connectivity index (χ1v) is 9.42. The van der Waals surface area contributed by atoms with E-state index >= 15 is 0 Å². The maximum Gasteiger partial charge on any atom is 0.117 e. The Morgan fingerprint density at radius 1 is 0.708 bits per heavy atom. The minimum absolute atomic E-state index is 1.04. The molecule has 4 aromatic rings. The highest BCUT2D eigenvalue weighted by Gasteiger charge is 1.99. The van der Waals surface area contributed by atoms with Gasteiger partial charge in [0.2, 0.25) is 0 Å². The molecule has 1 nitrogen and oxygen atoms in total. The van der Waals surface area contributed by atoms with Crippen molar-refractivity contribution >= 4 is 57.2 Å². The standard InChI is InChI=1S/C21H15NS2/c1-2-6-20-19(5-1)22-21(24-20)14-12-17-9-7-16(8-10-17)11-13-18-4-3-15-23-18/h1-15H/b13-11+,14-12+. The van der Waals surface area contributed by atoms with Crippen molar-refractivity contribution in [1.82, 2.24) is 4.98 Å². The molecule has 2 aromatic heterocycles. The van der Waals surface area contributed by atoms with Crippen LogP contribution >= 0.6 is 22.7 Å². The molecule has 0 aliphatic heterocycles. The Kier molecular flexibility index (Phi) is 4.36. The molecule has 0 bridgehead atoms. The molecule has 0 unspecified atom stereocenters. The molecule has 0 fully saturated rings. The highest BCUT2D eigenvalue weighted by molar-refractivity contribution is 7.19. The molecule has 0 N–H and O–H groups in total. The molecule has 116 valence electrons. The third-order valence-corrected chi connectivity index (χ3v) is 5.49. The molecule has 0 amide bonds. The van der Waals surface area contributed by atoms with Crippen LogP contribution in [0.5, 0.6) is 0 Å². The zero-order chi connectivity index (χ0) is 16.2. The zero-order valence-corrected chi connectivity index (χ0v) is 14.6. The lowest BCUT2D eigenvalue weighted by atomic mass is 10.1. The second-order valence-corrected chi connectivity index (χ2v) is 7.41. The quantitative estimate of drug-likeness (QED) is 0.401. The van der Waals surface area contributed by atoms with Crippen LogP contribution in [0.3, 0.4) is 0 Å². The highest BCUT2D eigenvalue weighted by atomic mass is 32.1. The predicted molar refractivity (Wildman–Crippen MR) is 108 cm³/mol. The Morgan fingerprint density at radius 3 is 2.17 bits per heavy atom. The van der Waals surface area contributed by atoms with E-state index in [-0.39, 0.29) is 0 Å². The topological polar surface area (TPSA) is 12.9 Å². The van der Waals surface area contributed by atoms with Crippen molar-refractivity contribution in [2.75, 3.05) is 0 Å². The summed E-state index contributed by atoms with van der Waals surface area (Å²) in [6, 6.07) is 21.0. The molecule has 0 radical (unpaired) electrons. The van der Waals surface area contributed by atoms with Crippen LogP contribution in [-0.2, 0) is 0 Å². The van der Waals surface area contributed by atoms with E-state index in [1.807, 2.05) is 6.07 Å². The fourth-order valence-corrected chi connectivity index (χ4v) is 3.90. The van der Waals surface area contributed by atoms with E-state index in [2.05, 4.69) is 89.3 Å². The van der Waals surface area contributed by atoms with Crippen LogP contribution in [0.25, 0.3) is 34.5 Å². The van der Waals surface area contributed by atoms with Gasteiger partial charge in [-0.2, -0.15) is 0 Å². The number of hydrogen-bond donors (Lipinski definition) is 0. The Morgan fingerprint density at radius 2 is 1.46 bits per heavy atom. The highest BCUT2D eigenvalue weighted by Crippen LogP contribution is 2.23. The number of nitrogens with zero attached hydrogens (tertiary/aromatic N) is 1. The third kappa shape index (κ3) is 3.53. The molecule has 0 aliphatic carbocycles. The first kappa shape index (κ1) is 15.1. The number of rotatable bonds is 4. The lowest BCUT2D eigenvalue weighted by Crippen LogP contribution is -1.75. The number of hydrogen-bond acceptors (Lipinski definition) is 3. The number of para-hydroxylation sites is 1. The van der Waals surface area contributed by atoms with E-state index in [1.54, 1.807) is 22.7 Å². The first-order valence-electron chi connectivity index (χ1n) is 7.72. The summed E-state index contributed by atoms with van der Waals surface area (Å²) in [5, 5.41) is 3.13. The summed E-state index contributed by atoms with van der Waals surface area (Å²) in [6.45, 7) is 0. The van der Waals surface area contributed by atoms with E-state index in [1.165, 1.54) is 20.7 Å². The van der Waals surface area contributed by atoms with Gasteiger partial charge in [-0.05, 0) is 46.9 Å². The average molecular weight is 345 g/mol. The molecular formula is C21H15NS2. The van der Waals surface area contributed by atoms with Gasteiger partial charge in [-0.25, -0.2) is 4.98 Å². The summed E-state index contributed by atoms with van der Waals surface area (Å²) in [5.41, 5.74) is 3.46. The monoisotopic (exact) mass is 345 g/mol. The van der Waals surface area contributed by atoms with Crippen molar-refractivity contribution in [1.29, 1.82) is 0 Å². The van der Waals surface area contributed by atoms with Gasteiger partial charge in [-0.15, -0.1) is 22.7 Å². The van der Waals surface area contributed by atoms with Gasteiger partial charge in [-0.1, -0.05) is 54.6 Å². The second-order valence-electron chi connectivity index (χ2n) is 5.37. The molecule has 0 spiro atoms. The smallest absolute Gasteiger partial charge is 0.117 e. The van der Waals surface area contributed by atoms with Crippen molar-refractivity contribution in [3.63, 3.8) is 0 Å². The van der Waals surface area contributed by atoms with Gasteiger partial charge in [0.1, 0.15) is 5.01 Å². The van der Waals surface area contributed by atoms with Crippen molar-refractivity contribution < 1.29 is 0 Å². The fraction of sp³-hybridized carbons (Fsp3) is 0. The Labute approximate surface area is 149 Å². The van der Waals surface area contributed by atoms with E-state index in [0.29, 0.717) is 0 Å². The number of aromatic nitrogens is 1. The summed E-state index contributed by atoms with van der Waals surface area (Å²) < 4.78 is 1.23. The molecule has 24 heavy (non-hydrogen) atoms. The molecule has 4 rings (SSSR count). The molecule has 3 heteroatoms. The Bertz CT molecular complexity index is 957. The van der Waals surface area contributed by atoms with Gasteiger partial charge in [0.25, 0.3) is 0 Å². The SMILES string of the molecule is C(=C\c1cccs1)/c1ccc(/C=C/c2nc3ccccc3s2)cc1. The summed E-state index contributed by atoms with van der Waals surface area (Å²) in [7, 11) is 0. The summed E-state index contributed by atoms with van der Waals surface area (Å²) in [4.78, 5) is 5.90. The minimum Gasteiger partial charge on any atom is -0.237 e. The number of benzene rings is 2. The predicted octanol–water partition coefficient (Wildman–Crippen LogP) is 6.70. The molecule has 0 saturated heterocycles. The maximum absolute atomic E-state index is 4.62. The van der Waals surface area contributed by atoms with Crippen molar-refractivity contribution in [3.8, 4) is 0 Å². The van der Waals surface area contributed by atoms with Gasteiger partial charge < -0.3 is 0 Å². The van der Waals surface area contributed by atoms with Crippen LogP contribution in [0.1, 0.15) is 21.0 Å². The lowest BCUT2D eigenvalue weighted by molar-refractivity contribution is 1.46. The normalized spacial score (nSPS) is 11.8. The van der Waals surface area contributed by atoms with E-state index in [4.69, 9.17) is 0 Å². The molecule has 2 aromatic carbocycles. The van der Waals surface area contributed by atoms with Crippen molar-refractivity contribution in [2.45, 2.75) is 0 Å². The Hall–Kier alpha value is -2.49. The fourth-order valence-electron chi connectivity index (χ4n) is 2.41. The van der Waals surface area contributed by atoms with Crippen LogP contribution in [0.15, 0.2) is 66.0 Å². The number of thiophene rings is 1. The summed E-state index contributed by atoms with van der Waals surface area (Å²) in [5.74, 6) is 0. The zero-order valence-electron chi connectivity index (χ0n) is 12.9. The van der Waals surface area contributed by atoms with Crippen molar-refractivity contribution in [3.05, 3.63) is 87.1 Å². The number of fused-ring (bicyclic) bond motifs is 1.